The molecule has 1 heterocycles. The van der Waals surface area contributed by atoms with Gasteiger partial charge in [-0.3, -0.25) is 4.79 Å². The number of likely N-dealkylation sites (N-methyl/N-ethyl adjacent to an activating group) is 1. The van der Waals surface area contributed by atoms with E-state index in [0.717, 1.165) is 6.54 Å². The van der Waals surface area contributed by atoms with Crippen molar-refractivity contribution < 1.29 is 9.53 Å². The van der Waals surface area contributed by atoms with Gasteiger partial charge in [-0.25, -0.2) is 0 Å². The van der Waals surface area contributed by atoms with Gasteiger partial charge in [-0.1, -0.05) is 0 Å². The van der Waals surface area contributed by atoms with Gasteiger partial charge in [-0.2, -0.15) is 0 Å². The normalized spacial score (nSPS) is 27.3. The second-order valence-electron chi connectivity index (χ2n) is 3.01. The molecule has 1 aliphatic rings. The Kier molecular flexibility index (Phi) is 7.64. The van der Waals surface area contributed by atoms with Crippen LogP contribution in [-0.4, -0.2) is 44.2 Å². The van der Waals surface area contributed by atoms with E-state index in [4.69, 9.17) is 5.73 Å². The van der Waals surface area contributed by atoms with E-state index in [0.29, 0.717) is 6.54 Å². The van der Waals surface area contributed by atoms with Crippen molar-refractivity contribution in [3.8, 4) is 0 Å². The summed E-state index contributed by atoms with van der Waals surface area (Å²) in [5, 5.41) is 0. The summed E-state index contributed by atoms with van der Waals surface area (Å²) in [6, 6.07) is -0.0625. The number of nitrogens with zero attached hydrogens (tertiary/aromatic N) is 1. The summed E-state index contributed by atoms with van der Waals surface area (Å²) in [5.41, 5.74) is 5.70. The molecule has 6 heteroatoms. The first-order valence-electron chi connectivity index (χ1n) is 3.67. The quantitative estimate of drug-likeness (QED) is 0.640. The van der Waals surface area contributed by atoms with Gasteiger partial charge < -0.3 is 15.4 Å². The number of ether oxygens (including phenoxy) is 1. The molecule has 0 unspecified atom stereocenters. The molecule has 0 saturated carbocycles. The van der Waals surface area contributed by atoms with Crippen LogP contribution in [0.2, 0.25) is 0 Å². The van der Waals surface area contributed by atoms with E-state index < -0.39 is 0 Å². The van der Waals surface area contributed by atoms with E-state index in [2.05, 4.69) is 4.74 Å². The summed E-state index contributed by atoms with van der Waals surface area (Å²) in [6.07, 6.45) is 0. The second-order valence-corrected chi connectivity index (χ2v) is 3.01. The number of carbonyl (C=O) groups excluding carboxylic acids is 1. The molecule has 0 bridgehead atoms. The molecule has 0 aromatic rings. The van der Waals surface area contributed by atoms with Crippen molar-refractivity contribution in [1.29, 1.82) is 0 Å². The highest BCUT2D eigenvalue weighted by atomic mass is 35.5. The number of nitrogens with two attached hydrogens (primary N) is 1. The van der Waals surface area contributed by atoms with Crippen molar-refractivity contribution in [1.82, 2.24) is 4.90 Å². The average molecular weight is 231 g/mol. The van der Waals surface area contributed by atoms with Gasteiger partial charge in [-0.05, 0) is 7.05 Å². The minimum absolute atomic E-state index is 0. The van der Waals surface area contributed by atoms with Crippen LogP contribution < -0.4 is 5.73 Å². The number of esters is 1. The number of halogens is 2. The van der Waals surface area contributed by atoms with Crippen LogP contribution in [-0.2, 0) is 9.53 Å². The van der Waals surface area contributed by atoms with Crippen molar-refractivity contribution in [2.45, 2.75) is 6.04 Å². The highest BCUT2D eigenvalue weighted by Gasteiger charge is 2.34. The molecule has 0 amide bonds. The number of hydrogen-bond donors (Lipinski definition) is 1. The maximum atomic E-state index is 11.0. The van der Waals surface area contributed by atoms with Crippen molar-refractivity contribution >= 4 is 30.8 Å². The van der Waals surface area contributed by atoms with E-state index in [1.54, 1.807) is 0 Å². The zero-order valence-electron chi connectivity index (χ0n) is 7.73. The summed E-state index contributed by atoms with van der Waals surface area (Å²) in [7, 11) is 3.34. The van der Waals surface area contributed by atoms with E-state index in [1.165, 1.54) is 7.11 Å². The number of hydrogen-bond acceptors (Lipinski definition) is 4. The van der Waals surface area contributed by atoms with Crippen LogP contribution in [0.5, 0.6) is 0 Å². The fourth-order valence-electron chi connectivity index (χ4n) is 1.43. The van der Waals surface area contributed by atoms with Crippen LogP contribution >= 0.6 is 24.8 Å². The Bertz CT molecular complexity index is 169. The van der Waals surface area contributed by atoms with Gasteiger partial charge >= 0.3 is 5.97 Å². The molecular weight excluding hydrogens is 215 g/mol. The summed E-state index contributed by atoms with van der Waals surface area (Å²) in [5.74, 6) is -0.327. The third-order valence-corrected chi connectivity index (χ3v) is 2.05. The van der Waals surface area contributed by atoms with Gasteiger partial charge in [0, 0.05) is 19.1 Å². The Morgan fingerprint density at radius 3 is 2.31 bits per heavy atom. The lowest BCUT2D eigenvalue weighted by Gasteiger charge is -2.10. The number of likely N-dealkylation sites (tertiary alicyclic amines) is 1. The second kappa shape index (κ2) is 6.43. The molecule has 1 rings (SSSR count). The summed E-state index contributed by atoms with van der Waals surface area (Å²) < 4.78 is 4.61. The van der Waals surface area contributed by atoms with Crippen LogP contribution in [0.1, 0.15) is 0 Å². The Hall–Kier alpha value is -0.0300. The highest BCUT2D eigenvalue weighted by Crippen LogP contribution is 2.14. The number of carbonyl (C=O) groups is 1. The Labute approximate surface area is 90.6 Å². The molecule has 13 heavy (non-hydrogen) atoms. The maximum Gasteiger partial charge on any atom is 0.311 e. The molecule has 1 aliphatic heterocycles. The monoisotopic (exact) mass is 230 g/mol. The molecular formula is C7H16Cl2N2O2. The maximum absolute atomic E-state index is 11.0. The Balaban J connectivity index is 0. The summed E-state index contributed by atoms with van der Waals surface area (Å²) in [4.78, 5) is 13.1. The molecule has 0 aromatic carbocycles. The lowest BCUT2D eigenvalue weighted by atomic mass is 10.1. The first-order valence-corrected chi connectivity index (χ1v) is 3.67. The van der Waals surface area contributed by atoms with E-state index in [1.807, 2.05) is 11.9 Å². The smallest absolute Gasteiger partial charge is 0.311 e. The molecule has 0 radical (unpaired) electrons. The Morgan fingerprint density at radius 2 is 2.00 bits per heavy atom. The van der Waals surface area contributed by atoms with E-state index >= 15 is 0 Å². The standard InChI is InChI=1S/C7H14N2O2.2ClH/c1-9-3-5(6(8)4-9)7(10)11-2;;/h5-6H,3-4,8H2,1-2H3;2*1H/t5-,6-;;/m1../s1. The van der Waals surface area contributed by atoms with Crippen molar-refractivity contribution in [3.63, 3.8) is 0 Å². The number of methoxy groups -OCH3 is 1. The number of rotatable bonds is 1. The molecule has 2 atom stereocenters. The van der Waals surface area contributed by atoms with Gasteiger partial charge in [0.2, 0.25) is 0 Å². The third-order valence-electron chi connectivity index (χ3n) is 2.05. The van der Waals surface area contributed by atoms with Gasteiger partial charge in [-0.15, -0.1) is 24.8 Å². The van der Waals surface area contributed by atoms with E-state index in [-0.39, 0.29) is 42.7 Å². The average Bonchev–Trinajstić information content (AvgIpc) is 2.28. The topological polar surface area (TPSA) is 55.6 Å². The van der Waals surface area contributed by atoms with Gasteiger partial charge in [0.25, 0.3) is 0 Å². The van der Waals surface area contributed by atoms with Gasteiger partial charge in [0.15, 0.2) is 0 Å². The first kappa shape index (κ1) is 15.4. The van der Waals surface area contributed by atoms with Gasteiger partial charge in [0.1, 0.15) is 0 Å². The third kappa shape index (κ3) is 3.68. The molecule has 2 N–H and O–H groups in total. The fraction of sp³-hybridized carbons (Fsp3) is 0.857. The largest absolute Gasteiger partial charge is 0.469 e. The van der Waals surface area contributed by atoms with E-state index in [9.17, 15) is 4.79 Å². The molecule has 1 fully saturated rings. The van der Waals surface area contributed by atoms with Crippen LogP contribution in [0.15, 0.2) is 0 Å². The molecule has 4 nitrogen and oxygen atoms in total. The molecule has 0 aliphatic carbocycles. The van der Waals surface area contributed by atoms with Crippen LogP contribution in [0, 0.1) is 5.92 Å². The molecule has 1 saturated heterocycles. The molecule has 0 spiro atoms. The fourth-order valence-corrected chi connectivity index (χ4v) is 1.43. The van der Waals surface area contributed by atoms with Crippen LogP contribution in [0.25, 0.3) is 0 Å². The van der Waals surface area contributed by atoms with Crippen LogP contribution in [0.4, 0.5) is 0 Å². The SMILES string of the molecule is COC(=O)[C@@H]1CN(C)C[C@H]1N.Cl.Cl. The minimum Gasteiger partial charge on any atom is -0.469 e. The predicted octanol–water partition coefficient (Wildman–Crippen LogP) is -0.108. The summed E-state index contributed by atoms with van der Waals surface area (Å²) >= 11 is 0. The van der Waals surface area contributed by atoms with Crippen molar-refractivity contribution in [2.75, 3.05) is 27.2 Å². The highest BCUT2D eigenvalue weighted by molar-refractivity contribution is 5.85. The lowest BCUT2D eigenvalue weighted by molar-refractivity contribution is -0.145. The van der Waals surface area contributed by atoms with Crippen molar-refractivity contribution in [2.24, 2.45) is 11.7 Å². The van der Waals surface area contributed by atoms with Gasteiger partial charge in [0.05, 0.1) is 13.0 Å². The van der Waals surface area contributed by atoms with Crippen LogP contribution in [0.3, 0.4) is 0 Å². The zero-order valence-corrected chi connectivity index (χ0v) is 9.36. The minimum atomic E-state index is -0.193. The zero-order chi connectivity index (χ0) is 8.43. The molecule has 0 aromatic heterocycles. The Morgan fingerprint density at radius 1 is 1.46 bits per heavy atom. The molecule has 80 valence electrons. The van der Waals surface area contributed by atoms with Crippen molar-refractivity contribution in [3.05, 3.63) is 0 Å². The first-order chi connectivity index (χ1) is 5.15. The summed E-state index contributed by atoms with van der Waals surface area (Å²) in [6.45, 7) is 1.49. The predicted molar refractivity (Wildman–Crippen MR) is 55.5 cm³/mol. The lowest BCUT2D eigenvalue weighted by Crippen LogP contribution is -2.34.